The smallest absolute Gasteiger partial charge is 0.0732 e. The summed E-state index contributed by atoms with van der Waals surface area (Å²) in [5.74, 6) is 0. The van der Waals surface area contributed by atoms with Crippen LogP contribution in [-0.4, -0.2) is 11.5 Å². The maximum Gasteiger partial charge on any atom is 0.0732 e. The van der Waals surface area contributed by atoms with Crippen LogP contribution in [0.25, 0.3) is 10.9 Å². The lowest BCUT2D eigenvalue weighted by atomic mass is 9.99. The fraction of sp³-hybridized carbons (Fsp3) is 0.471. The molecule has 0 aliphatic rings. The average Bonchev–Trinajstić information content (AvgIpc) is 2.41. The van der Waals surface area contributed by atoms with Gasteiger partial charge in [-0.3, -0.25) is 4.98 Å². The first-order chi connectivity index (χ1) is 9.51. The van der Waals surface area contributed by atoms with Gasteiger partial charge in [-0.15, -0.1) is 0 Å². The molecule has 1 heterocycles. The molecule has 0 saturated carbocycles. The minimum Gasteiger partial charge on any atom is -0.384 e. The lowest BCUT2D eigenvalue weighted by Gasteiger charge is -2.19. The number of fused-ring (bicyclic) bond motifs is 1. The molecule has 1 aromatic heterocycles. The lowest BCUT2D eigenvalue weighted by molar-refractivity contribution is 0.968. The number of hydrogen-bond donors (Lipinski definition) is 1. The number of hydrogen-bond acceptors (Lipinski definition) is 2. The fourth-order valence-corrected chi connectivity index (χ4v) is 3.11. The minimum absolute atomic E-state index is 0.997. The van der Waals surface area contributed by atoms with Crippen molar-refractivity contribution in [3.8, 4) is 0 Å². The SMILES string of the molecule is CCCNc1c(CC)c(C)nc2cc(C)c(Br)c(C)c12. The Morgan fingerprint density at radius 3 is 2.50 bits per heavy atom. The third kappa shape index (κ3) is 2.56. The Balaban J connectivity index is 2.84. The molecule has 0 amide bonds. The van der Waals surface area contributed by atoms with Crippen LogP contribution < -0.4 is 5.32 Å². The van der Waals surface area contributed by atoms with E-state index in [1.807, 2.05) is 0 Å². The molecule has 1 N–H and O–H groups in total. The number of nitrogens with zero attached hydrogens (tertiary/aromatic N) is 1. The first-order valence-corrected chi connectivity index (χ1v) is 8.13. The largest absolute Gasteiger partial charge is 0.384 e. The van der Waals surface area contributed by atoms with Gasteiger partial charge in [-0.2, -0.15) is 0 Å². The Labute approximate surface area is 130 Å². The van der Waals surface area contributed by atoms with Gasteiger partial charge < -0.3 is 5.32 Å². The zero-order valence-electron chi connectivity index (χ0n) is 13.0. The second-order valence-corrected chi connectivity index (χ2v) is 6.15. The van der Waals surface area contributed by atoms with E-state index in [9.17, 15) is 0 Å². The summed E-state index contributed by atoms with van der Waals surface area (Å²) in [6.45, 7) is 11.8. The average molecular weight is 335 g/mol. The molecule has 0 bridgehead atoms. The summed E-state index contributed by atoms with van der Waals surface area (Å²) >= 11 is 3.71. The third-order valence-electron chi connectivity index (χ3n) is 3.84. The molecule has 0 aliphatic carbocycles. The predicted octanol–water partition coefficient (Wildman–Crippen LogP) is 5.31. The number of aryl methyl sites for hydroxylation is 3. The molecule has 108 valence electrons. The van der Waals surface area contributed by atoms with E-state index in [0.29, 0.717) is 0 Å². The van der Waals surface area contributed by atoms with Gasteiger partial charge in [0.2, 0.25) is 0 Å². The van der Waals surface area contributed by atoms with E-state index < -0.39 is 0 Å². The highest BCUT2D eigenvalue weighted by Crippen LogP contribution is 2.36. The second-order valence-electron chi connectivity index (χ2n) is 5.36. The summed E-state index contributed by atoms with van der Waals surface area (Å²) < 4.78 is 1.19. The van der Waals surface area contributed by atoms with Gasteiger partial charge >= 0.3 is 0 Å². The molecule has 0 aliphatic heterocycles. The number of pyridine rings is 1. The molecule has 0 unspecified atom stereocenters. The Morgan fingerprint density at radius 1 is 1.20 bits per heavy atom. The summed E-state index contributed by atoms with van der Waals surface area (Å²) in [4.78, 5) is 4.82. The van der Waals surface area contributed by atoms with E-state index in [4.69, 9.17) is 4.98 Å². The molecule has 0 radical (unpaired) electrons. The van der Waals surface area contributed by atoms with Crippen LogP contribution in [-0.2, 0) is 6.42 Å². The van der Waals surface area contributed by atoms with Gasteiger partial charge in [0.1, 0.15) is 0 Å². The number of halogens is 1. The van der Waals surface area contributed by atoms with Gasteiger partial charge in [-0.05, 0) is 56.4 Å². The van der Waals surface area contributed by atoms with Crippen molar-refractivity contribution in [2.45, 2.75) is 47.5 Å². The van der Waals surface area contributed by atoms with Crippen LogP contribution in [0.15, 0.2) is 10.5 Å². The highest BCUT2D eigenvalue weighted by molar-refractivity contribution is 9.10. The van der Waals surface area contributed by atoms with Gasteiger partial charge in [0.05, 0.1) is 5.52 Å². The molecule has 0 saturated heterocycles. The Bertz CT molecular complexity index is 647. The van der Waals surface area contributed by atoms with Gasteiger partial charge in [0.15, 0.2) is 0 Å². The number of anilines is 1. The Hall–Kier alpha value is -1.09. The van der Waals surface area contributed by atoms with E-state index in [-0.39, 0.29) is 0 Å². The molecule has 0 atom stereocenters. The first kappa shape index (κ1) is 15.3. The quantitative estimate of drug-likeness (QED) is 0.819. The number of nitrogens with one attached hydrogen (secondary N) is 1. The van der Waals surface area contributed by atoms with Crippen molar-refractivity contribution in [3.05, 3.63) is 32.9 Å². The maximum absolute atomic E-state index is 4.82. The van der Waals surface area contributed by atoms with Crippen LogP contribution in [0.4, 0.5) is 5.69 Å². The van der Waals surface area contributed by atoms with E-state index in [0.717, 1.165) is 30.6 Å². The molecule has 2 aromatic rings. The summed E-state index contributed by atoms with van der Waals surface area (Å²) in [6, 6.07) is 2.18. The van der Waals surface area contributed by atoms with Gasteiger partial charge in [-0.1, -0.05) is 29.8 Å². The van der Waals surface area contributed by atoms with Crippen LogP contribution in [0.3, 0.4) is 0 Å². The normalized spacial score (nSPS) is 11.1. The molecule has 0 spiro atoms. The van der Waals surface area contributed by atoms with Crippen molar-refractivity contribution in [1.29, 1.82) is 0 Å². The lowest BCUT2D eigenvalue weighted by Crippen LogP contribution is -2.07. The highest BCUT2D eigenvalue weighted by atomic mass is 79.9. The van der Waals surface area contributed by atoms with E-state index in [1.165, 1.54) is 32.2 Å². The van der Waals surface area contributed by atoms with Crippen LogP contribution in [0, 0.1) is 20.8 Å². The predicted molar refractivity (Wildman–Crippen MR) is 91.8 cm³/mol. The summed E-state index contributed by atoms with van der Waals surface area (Å²) in [5, 5.41) is 4.89. The highest BCUT2D eigenvalue weighted by Gasteiger charge is 2.15. The molecular formula is C17H23BrN2. The van der Waals surface area contributed by atoms with E-state index in [2.05, 4.69) is 61.9 Å². The number of benzene rings is 1. The van der Waals surface area contributed by atoms with Gasteiger partial charge in [-0.25, -0.2) is 0 Å². The van der Waals surface area contributed by atoms with E-state index >= 15 is 0 Å². The summed E-state index contributed by atoms with van der Waals surface area (Å²) in [5.41, 5.74) is 7.37. The molecule has 1 aromatic carbocycles. The van der Waals surface area contributed by atoms with Crippen LogP contribution in [0.1, 0.15) is 42.7 Å². The van der Waals surface area contributed by atoms with Crippen molar-refractivity contribution in [2.24, 2.45) is 0 Å². The number of aromatic nitrogens is 1. The monoisotopic (exact) mass is 334 g/mol. The summed E-state index contributed by atoms with van der Waals surface area (Å²) in [7, 11) is 0. The van der Waals surface area contributed by atoms with Crippen molar-refractivity contribution in [3.63, 3.8) is 0 Å². The van der Waals surface area contributed by atoms with Crippen LogP contribution >= 0.6 is 15.9 Å². The van der Waals surface area contributed by atoms with Crippen molar-refractivity contribution < 1.29 is 0 Å². The van der Waals surface area contributed by atoms with Crippen molar-refractivity contribution >= 4 is 32.5 Å². The zero-order chi connectivity index (χ0) is 14.9. The van der Waals surface area contributed by atoms with Gasteiger partial charge in [0.25, 0.3) is 0 Å². The standard InChI is InChI=1S/C17H23BrN2/c1-6-8-19-17-13(7-2)12(5)20-14-9-10(3)16(18)11(4)15(14)17/h9H,6-8H2,1-5H3,(H,19,20). The Kier molecular flexibility index (Phi) is 4.69. The molecule has 3 heteroatoms. The molecule has 2 rings (SSSR count). The minimum atomic E-state index is 0.997. The topological polar surface area (TPSA) is 24.9 Å². The maximum atomic E-state index is 4.82. The van der Waals surface area contributed by atoms with Crippen molar-refractivity contribution in [2.75, 3.05) is 11.9 Å². The van der Waals surface area contributed by atoms with Gasteiger partial charge in [0, 0.05) is 27.8 Å². The third-order valence-corrected chi connectivity index (χ3v) is 5.06. The molecule has 2 nitrogen and oxygen atoms in total. The van der Waals surface area contributed by atoms with Crippen molar-refractivity contribution in [1.82, 2.24) is 4.98 Å². The molecule has 0 fully saturated rings. The zero-order valence-corrected chi connectivity index (χ0v) is 14.6. The first-order valence-electron chi connectivity index (χ1n) is 7.33. The summed E-state index contributed by atoms with van der Waals surface area (Å²) in [6.07, 6.45) is 2.13. The number of rotatable bonds is 4. The molecule has 20 heavy (non-hydrogen) atoms. The van der Waals surface area contributed by atoms with Crippen LogP contribution in [0.2, 0.25) is 0 Å². The van der Waals surface area contributed by atoms with E-state index in [1.54, 1.807) is 0 Å². The fourth-order valence-electron chi connectivity index (χ4n) is 2.80. The van der Waals surface area contributed by atoms with Crippen LogP contribution in [0.5, 0.6) is 0 Å². The Morgan fingerprint density at radius 2 is 1.90 bits per heavy atom. The molecular weight excluding hydrogens is 312 g/mol. The second kappa shape index (κ2) is 6.13.